The first-order valence-corrected chi connectivity index (χ1v) is 15.1. The van der Waals surface area contributed by atoms with Gasteiger partial charge in [0, 0.05) is 48.7 Å². The highest BCUT2D eigenvalue weighted by Crippen LogP contribution is 2.37. The van der Waals surface area contributed by atoms with E-state index in [1.165, 1.54) is 24.3 Å². The summed E-state index contributed by atoms with van der Waals surface area (Å²) in [5, 5.41) is 15.0. The number of hydrogen-bond acceptors (Lipinski definition) is 9. The van der Waals surface area contributed by atoms with Crippen LogP contribution in [0.25, 0.3) is 10.8 Å². The SMILES string of the molecule is CC(C)c1ccc(N2CC(CS(C)(=O)=O)C2)c2cnc(Nc3ccnc(N4C[C@@H](F)[C@@H](O)[C@@](C)(F)C4)n3)cc12. The number of piperidine rings is 1. The van der Waals surface area contributed by atoms with Crippen LogP contribution < -0.4 is 15.1 Å². The highest BCUT2D eigenvalue weighted by atomic mass is 32.2. The number of halogens is 2. The Labute approximate surface area is 227 Å². The number of nitrogens with zero attached hydrogens (tertiary/aromatic N) is 5. The largest absolute Gasteiger partial charge is 0.387 e. The summed E-state index contributed by atoms with van der Waals surface area (Å²) in [6, 6.07) is 7.78. The van der Waals surface area contributed by atoms with Crippen molar-refractivity contribution in [1.82, 2.24) is 15.0 Å². The molecule has 0 bridgehead atoms. The first-order valence-electron chi connectivity index (χ1n) is 13.0. The summed E-state index contributed by atoms with van der Waals surface area (Å²) in [4.78, 5) is 16.8. The Morgan fingerprint density at radius 1 is 1.13 bits per heavy atom. The van der Waals surface area contributed by atoms with Crippen molar-refractivity contribution in [2.75, 3.05) is 53.3 Å². The number of aromatic nitrogens is 3. The van der Waals surface area contributed by atoms with Gasteiger partial charge >= 0.3 is 0 Å². The molecular weight excluding hydrogens is 526 g/mol. The fourth-order valence-corrected chi connectivity index (χ4v) is 6.53. The highest BCUT2D eigenvalue weighted by molar-refractivity contribution is 7.90. The van der Waals surface area contributed by atoms with E-state index in [9.17, 15) is 22.3 Å². The number of aliphatic hydroxyl groups excluding tert-OH is 1. The zero-order chi connectivity index (χ0) is 28.1. The number of nitrogens with one attached hydrogen (secondary N) is 1. The summed E-state index contributed by atoms with van der Waals surface area (Å²) in [7, 11) is -3.02. The number of sulfone groups is 1. The van der Waals surface area contributed by atoms with E-state index < -0.39 is 27.8 Å². The summed E-state index contributed by atoms with van der Waals surface area (Å²) < 4.78 is 52.3. The molecule has 3 atom stereocenters. The number of alkyl halides is 2. The molecule has 5 rings (SSSR count). The normalized spacial score (nSPS) is 24.3. The monoisotopic (exact) mass is 560 g/mol. The zero-order valence-corrected chi connectivity index (χ0v) is 23.3. The van der Waals surface area contributed by atoms with Crippen LogP contribution >= 0.6 is 0 Å². The van der Waals surface area contributed by atoms with E-state index in [1.54, 1.807) is 12.3 Å². The molecule has 0 spiro atoms. The second-order valence-corrected chi connectivity index (χ2v) is 13.5. The molecule has 12 heteroatoms. The Hall–Kier alpha value is -3.12. The minimum Gasteiger partial charge on any atom is -0.387 e. The van der Waals surface area contributed by atoms with Crippen molar-refractivity contribution in [2.24, 2.45) is 5.92 Å². The fourth-order valence-electron chi connectivity index (χ4n) is 5.47. The van der Waals surface area contributed by atoms with Gasteiger partial charge in [-0.2, -0.15) is 4.98 Å². The van der Waals surface area contributed by atoms with Crippen LogP contribution in [0, 0.1) is 5.92 Å². The van der Waals surface area contributed by atoms with Gasteiger partial charge in [-0.3, -0.25) is 0 Å². The second kappa shape index (κ2) is 10.1. The van der Waals surface area contributed by atoms with Crippen LogP contribution in [0.4, 0.5) is 32.1 Å². The Morgan fingerprint density at radius 2 is 1.87 bits per heavy atom. The molecule has 4 heterocycles. The maximum atomic E-state index is 14.7. The first kappa shape index (κ1) is 27.4. The van der Waals surface area contributed by atoms with Crippen molar-refractivity contribution in [3.63, 3.8) is 0 Å². The first-order chi connectivity index (χ1) is 18.3. The third-order valence-electron chi connectivity index (χ3n) is 7.41. The topological polar surface area (TPSA) is 112 Å². The van der Waals surface area contributed by atoms with Crippen molar-refractivity contribution >= 4 is 43.9 Å². The summed E-state index contributed by atoms with van der Waals surface area (Å²) in [5.74, 6) is 1.69. The summed E-state index contributed by atoms with van der Waals surface area (Å²) in [6.45, 7) is 6.34. The number of hydrogen-bond donors (Lipinski definition) is 2. The van der Waals surface area contributed by atoms with Crippen molar-refractivity contribution in [1.29, 1.82) is 0 Å². The van der Waals surface area contributed by atoms with Crippen molar-refractivity contribution in [2.45, 2.75) is 44.6 Å². The highest BCUT2D eigenvalue weighted by Gasteiger charge is 2.46. The summed E-state index contributed by atoms with van der Waals surface area (Å²) >= 11 is 0. The Morgan fingerprint density at radius 3 is 2.54 bits per heavy atom. The number of rotatable bonds is 7. The average molecular weight is 561 g/mol. The van der Waals surface area contributed by atoms with Gasteiger partial charge in [0.15, 0.2) is 5.67 Å². The Balaban J connectivity index is 1.40. The van der Waals surface area contributed by atoms with Gasteiger partial charge in [-0.15, -0.1) is 0 Å². The van der Waals surface area contributed by atoms with E-state index in [0.29, 0.717) is 24.7 Å². The van der Waals surface area contributed by atoms with Crippen LogP contribution in [0.5, 0.6) is 0 Å². The molecule has 9 nitrogen and oxygen atoms in total. The van der Waals surface area contributed by atoms with Gasteiger partial charge in [0.2, 0.25) is 5.95 Å². The second-order valence-electron chi connectivity index (χ2n) is 11.3. The van der Waals surface area contributed by atoms with Crippen molar-refractivity contribution in [3.8, 4) is 0 Å². The molecule has 2 fully saturated rings. The standard InChI is InChI=1S/C27H34F2N6O3S/c1-16(2)18-5-6-22(34-11-17(12-34)14-39(4,37)38)20-10-31-24(9-19(18)20)32-23-7-8-30-26(33-23)35-13-21(28)25(36)27(3,29)15-35/h5-10,16-17,21,25,36H,11-15H2,1-4H3,(H,30,31,32,33)/t21-,25-,27+/m1/s1. The van der Waals surface area contributed by atoms with E-state index in [2.05, 4.69) is 51.1 Å². The minimum absolute atomic E-state index is 0.117. The van der Waals surface area contributed by atoms with Crippen LogP contribution in [0.1, 0.15) is 32.3 Å². The number of anilines is 4. The molecule has 0 radical (unpaired) electrons. The molecule has 210 valence electrons. The molecular formula is C27H34F2N6O3S. The molecule has 0 aliphatic carbocycles. The number of fused-ring (bicyclic) bond motifs is 1. The van der Waals surface area contributed by atoms with Crippen LogP contribution in [-0.4, -0.2) is 84.6 Å². The molecule has 1 aromatic carbocycles. The third-order valence-corrected chi connectivity index (χ3v) is 8.48. The molecule has 0 amide bonds. The van der Waals surface area contributed by atoms with Gasteiger partial charge in [-0.05, 0) is 42.0 Å². The van der Waals surface area contributed by atoms with E-state index in [1.807, 2.05) is 6.07 Å². The molecule has 2 aliphatic heterocycles. The number of pyridine rings is 1. The maximum absolute atomic E-state index is 14.7. The van der Waals surface area contributed by atoms with E-state index in [4.69, 9.17) is 0 Å². The molecule has 2 saturated heterocycles. The van der Waals surface area contributed by atoms with Gasteiger partial charge in [0.05, 0.1) is 18.8 Å². The predicted octanol–water partition coefficient (Wildman–Crippen LogP) is 3.62. The van der Waals surface area contributed by atoms with Crippen LogP contribution in [0.3, 0.4) is 0 Å². The lowest BCUT2D eigenvalue weighted by atomic mass is 9.92. The third kappa shape index (κ3) is 5.76. The van der Waals surface area contributed by atoms with E-state index in [0.717, 1.165) is 22.0 Å². The Kier molecular flexibility index (Phi) is 7.13. The van der Waals surface area contributed by atoms with Crippen LogP contribution in [0.2, 0.25) is 0 Å². The quantitative estimate of drug-likeness (QED) is 0.448. The Bertz CT molecular complexity index is 1480. The molecule has 0 unspecified atom stereocenters. The molecule has 3 aromatic rings. The average Bonchev–Trinajstić information content (AvgIpc) is 2.83. The zero-order valence-electron chi connectivity index (χ0n) is 22.5. The van der Waals surface area contributed by atoms with Crippen molar-refractivity contribution in [3.05, 3.63) is 42.2 Å². The van der Waals surface area contributed by atoms with Crippen LogP contribution in [-0.2, 0) is 9.84 Å². The van der Waals surface area contributed by atoms with E-state index in [-0.39, 0.29) is 36.6 Å². The molecule has 2 aliphatic rings. The molecule has 2 aromatic heterocycles. The van der Waals surface area contributed by atoms with Gasteiger partial charge in [-0.1, -0.05) is 19.9 Å². The lowest BCUT2D eigenvalue weighted by Gasteiger charge is -2.41. The number of benzene rings is 1. The van der Waals surface area contributed by atoms with Crippen LogP contribution in [0.15, 0.2) is 36.7 Å². The van der Waals surface area contributed by atoms with Gasteiger partial charge in [-0.25, -0.2) is 27.2 Å². The minimum atomic E-state index is -3.02. The number of aliphatic hydroxyl groups is 1. The smallest absolute Gasteiger partial charge is 0.227 e. The van der Waals surface area contributed by atoms with Gasteiger partial charge < -0.3 is 20.2 Å². The summed E-state index contributed by atoms with van der Waals surface area (Å²) in [6.07, 6.45) is 1.13. The van der Waals surface area contributed by atoms with Gasteiger partial charge in [0.25, 0.3) is 0 Å². The maximum Gasteiger partial charge on any atom is 0.227 e. The predicted molar refractivity (Wildman–Crippen MR) is 149 cm³/mol. The fraction of sp³-hybridized carbons (Fsp3) is 0.519. The lowest BCUT2D eigenvalue weighted by molar-refractivity contribution is -0.0545. The molecule has 2 N–H and O–H groups in total. The van der Waals surface area contributed by atoms with Crippen molar-refractivity contribution < 1.29 is 22.3 Å². The molecule has 39 heavy (non-hydrogen) atoms. The van der Waals surface area contributed by atoms with Gasteiger partial charge in [0.1, 0.15) is 33.7 Å². The molecule has 0 saturated carbocycles. The van der Waals surface area contributed by atoms with E-state index >= 15 is 0 Å². The summed E-state index contributed by atoms with van der Waals surface area (Å²) in [5.41, 5.74) is 0.0417. The lowest BCUT2D eigenvalue weighted by Crippen LogP contribution is -2.59.